The maximum atomic E-state index is 14.7. The zero-order chi connectivity index (χ0) is 39.1. The second kappa shape index (κ2) is 17.4. The van der Waals surface area contributed by atoms with Crippen molar-refractivity contribution in [3.63, 3.8) is 0 Å². The lowest BCUT2D eigenvalue weighted by Gasteiger charge is -2.36. The monoisotopic (exact) mass is 765 g/mol. The highest BCUT2D eigenvalue weighted by Crippen LogP contribution is 2.31. The fourth-order valence-corrected chi connectivity index (χ4v) is 7.97. The van der Waals surface area contributed by atoms with Crippen molar-refractivity contribution in [2.75, 3.05) is 26.3 Å². The van der Waals surface area contributed by atoms with Crippen molar-refractivity contribution in [1.82, 2.24) is 24.1 Å². The molecule has 288 valence electrons. The Balaban J connectivity index is 1.42. The van der Waals surface area contributed by atoms with Crippen LogP contribution < -0.4 is 4.72 Å². The molecule has 1 atom stereocenters. The highest BCUT2D eigenvalue weighted by Gasteiger charge is 2.33. The van der Waals surface area contributed by atoms with Crippen LogP contribution in [-0.2, 0) is 29.5 Å². The lowest BCUT2D eigenvalue weighted by atomic mass is 9.92. The molecule has 0 aliphatic carbocycles. The molecule has 0 fully saturated rings. The number of benzene rings is 4. The van der Waals surface area contributed by atoms with Crippen LogP contribution in [-0.4, -0.2) is 88.0 Å². The third-order valence-corrected chi connectivity index (χ3v) is 11.4. The lowest BCUT2D eigenvalue weighted by molar-refractivity contribution is 0.0544. The Labute approximate surface area is 321 Å². The second-order valence-corrected chi connectivity index (χ2v) is 15.5. The predicted molar refractivity (Wildman–Crippen MR) is 210 cm³/mol. The maximum absolute atomic E-state index is 14.7. The van der Waals surface area contributed by atoms with E-state index < -0.39 is 27.9 Å². The number of nitrogens with zero attached hydrogens (tertiary/aromatic N) is 4. The molecule has 0 spiro atoms. The SMILES string of the molecule is CCCCN(CCCC)C(=O)c1cn(CCO)c(-c2ccc(C(=O)NS(=O)(=O)c3ccc4ccccc4c3)cc2C(=O)N2Cc3ccccc3CC2CO)n1. The van der Waals surface area contributed by atoms with E-state index in [-0.39, 0.29) is 65.3 Å². The van der Waals surface area contributed by atoms with Crippen LogP contribution in [0, 0.1) is 0 Å². The molecule has 3 amide bonds. The van der Waals surface area contributed by atoms with Crippen LogP contribution in [0.1, 0.15) is 81.9 Å². The summed E-state index contributed by atoms with van der Waals surface area (Å²) in [5.41, 5.74) is 2.26. The Morgan fingerprint density at radius 2 is 1.56 bits per heavy atom. The van der Waals surface area contributed by atoms with Gasteiger partial charge in [0, 0.05) is 43.5 Å². The quantitative estimate of drug-likeness (QED) is 0.127. The van der Waals surface area contributed by atoms with Gasteiger partial charge in [-0.2, -0.15) is 0 Å². The molecule has 55 heavy (non-hydrogen) atoms. The third-order valence-electron chi connectivity index (χ3n) is 10.0. The maximum Gasteiger partial charge on any atom is 0.274 e. The van der Waals surface area contributed by atoms with Gasteiger partial charge in [0.25, 0.3) is 27.7 Å². The minimum atomic E-state index is -4.32. The van der Waals surface area contributed by atoms with E-state index in [0.717, 1.165) is 42.2 Å². The van der Waals surface area contributed by atoms with Gasteiger partial charge in [-0.15, -0.1) is 0 Å². The van der Waals surface area contributed by atoms with Crippen molar-refractivity contribution in [1.29, 1.82) is 0 Å². The number of fused-ring (bicyclic) bond motifs is 2. The highest BCUT2D eigenvalue weighted by molar-refractivity contribution is 7.90. The summed E-state index contributed by atoms with van der Waals surface area (Å²) in [6, 6.07) is 23.1. The molecule has 0 bridgehead atoms. The minimum Gasteiger partial charge on any atom is -0.395 e. The van der Waals surface area contributed by atoms with Crippen molar-refractivity contribution >= 4 is 38.5 Å². The van der Waals surface area contributed by atoms with Gasteiger partial charge in [-0.05, 0) is 71.5 Å². The Morgan fingerprint density at radius 3 is 2.25 bits per heavy atom. The van der Waals surface area contributed by atoms with Gasteiger partial charge in [0.05, 0.1) is 29.7 Å². The number of aliphatic hydroxyl groups excluding tert-OH is 2. The van der Waals surface area contributed by atoms with E-state index in [9.17, 15) is 33.0 Å². The van der Waals surface area contributed by atoms with Gasteiger partial charge in [0.2, 0.25) is 0 Å². The van der Waals surface area contributed by atoms with Gasteiger partial charge in [-0.3, -0.25) is 14.4 Å². The number of aliphatic hydroxyl groups is 2. The number of imidazole rings is 1. The lowest BCUT2D eigenvalue weighted by Crippen LogP contribution is -2.46. The van der Waals surface area contributed by atoms with Gasteiger partial charge in [0.15, 0.2) is 0 Å². The minimum absolute atomic E-state index is 0.0196. The molecule has 1 aromatic heterocycles. The summed E-state index contributed by atoms with van der Waals surface area (Å²) in [7, 11) is -4.32. The van der Waals surface area contributed by atoms with E-state index in [2.05, 4.69) is 18.6 Å². The van der Waals surface area contributed by atoms with E-state index >= 15 is 0 Å². The number of carbonyl (C=O) groups excluding carboxylic acids is 3. The molecule has 0 saturated heterocycles. The molecule has 5 aromatic rings. The normalized spacial score (nSPS) is 14.1. The van der Waals surface area contributed by atoms with Crippen LogP contribution in [0.2, 0.25) is 0 Å². The molecule has 4 aromatic carbocycles. The summed E-state index contributed by atoms with van der Waals surface area (Å²) in [5, 5.41) is 22.0. The molecule has 12 nitrogen and oxygen atoms in total. The molecular formula is C42H47N5O7S. The first-order chi connectivity index (χ1) is 26.6. The topological polar surface area (TPSA) is 162 Å². The number of carbonyl (C=O) groups is 3. The summed E-state index contributed by atoms with van der Waals surface area (Å²) in [4.78, 5) is 50.3. The number of sulfonamides is 1. The van der Waals surface area contributed by atoms with Gasteiger partial charge in [0.1, 0.15) is 11.5 Å². The fraction of sp³-hybridized carbons (Fsp3) is 0.333. The predicted octanol–water partition coefficient (Wildman–Crippen LogP) is 5.42. The first-order valence-electron chi connectivity index (χ1n) is 18.7. The molecule has 13 heteroatoms. The van der Waals surface area contributed by atoms with Gasteiger partial charge in [-0.25, -0.2) is 18.1 Å². The number of aromatic nitrogens is 2. The average molecular weight is 766 g/mol. The third kappa shape index (κ3) is 8.64. The van der Waals surface area contributed by atoms with Crippen LogP contribution in [0.4, 0.5) is 0 Å². The molecule has 3 N–H and O–H groups in total. The van der Waals surface area contributed by atoms with Crippen LogP contribution in [0.3, 0.4) is 0 Å². The molecule has 1 aliphatic heterocycles. The molecule has 0 radical (unpaired) electrons. The Hall–Kier alpha value is -5.37. The zero-order valence-corrected chi connectivity index (χ0v) is 32.0. The average Bonchev–Trinajstić information content (AvgIpc) is 3.63. The van der Waals surface area contributed by atoms with E-state index in [4.69, 9.17) is 4.98 Å². The summed E-state index contributed by atoms with van der Waals surface area (Å²) in [5.74, 6) is -1.51. The molecular weight excluding hydrogens is 719 g/mol. The standard InChI is InChI=1S/C42H47N5O7S/c1-3-5-19-45(20-6-4-2)42(52)38-27-46(21-22-48)39(43-38)36-18-16-32(40(50)44-55(53,54)35-17-15-29-11-7-8-13-31(29)24-35)25-37(36)41(51)47-26-33-14-10-9-12-30(33)23-34(47)28-49/h7-18,24-25,27,34,48-49H,3-6,19-23,26,28H2,1-2H3,(H,44,50). The highest BCUT2D eigenvalue weighted by atomic mass is 32.2. The summed E-state index contributed by atoms with van der Waals surface area (Å²) in [6.45, 7) is 4.89. The molecule has 6 rings (SSSR count). The van der Waals surface area contributed by atoms with E-state index in [1.807, 2.05) is 36.4 Å². The van der Waals surface area contributed by atoms with E-state index in [1.54, 1.807) is 33.9 Å². The van der Waals surface area contributed by atoms with Gasteiger partial charge in [-0.1, -0.05) is 81.3 Å². The number of amides is 3. The van der Waals surface area contributed by atoms with E-state index in [0.29, 0.717) is 24.9 Å². The first kappa shape index (κ1) is 39.3. The second-order valence-electron chi connectivity index (χ2n) is 13.8. The van der Waals surface area contributed by atoms with Crippen molar-refractivity contribution in [3.05, 3.63) is 119 Å². The van der Waals surface area contributed by atoms with Gasteiger partial charge >= 0.3 is 0 Å². The number of rotatable bonds is 15. The van der Waals surface area contributed by atoms with Crippen LogP contribution in [0.25, 0.3) is 22.2 Å². The van der Waals surface area contributed by atoms with Crippen LogP contribution in [0.5, 0.6) is 0 Å². The Morgan fingerprint density at radius 1 is 0.873 bits per heavy atom. The Bertz CT molecular complexity index is 2300. The molecule has 2 heterocycles. The van der Waals surface area contributed by atoms with E-state index in [1.165, 1.54) is 35.2 Å². The number of hydrogen-bond acceptors (Lipinski definition) is 8. The van der Waals surface area contributed by atoms with Crippen LogP contribution >= 0.6 is 0 Å². The number of unbranched alkanes of at least 4 members (excludes halogenated alkanes) is 2. The molecule has 1 unspecified atom stereocenters. The van der Waals surface area contributed by atoms with Gasteiger partial charge < -0.3 is 24.6 Å². The Kier molecular flexibility index (Phi) is 12.4. The first-order valence-corrected chi connectivity index (χ1v) is 20.2. The van der Waals surface area contributed by atoms with Crippen molar-refractivity contribution < 1.29 is 33.0 Å². The molecule has 0 saturated carbocycles. The van der Waals surface area contributed by atoms with Crippen LogP contribution in [0.15, 0.2) is 96.0 Å². The van der Waals surface area contributed by atoms with Crippen molar-refractivity contribution in [3.8, 4) is 11.4 Å². The largest absolute Gasteiger partial charge is 0.395 e. The molecule has 1 aliphatic rings. The van der Waals surface area contributed by atoms with Crippen molar-refractivity contribution in [2.24, 2.45) is 0 Å². The smallest absolute Gasteiger partial charge is 0.274 e. The summed E-state index contributed by atoms with van der Waals surface area (Å²) >= 11 is 0. The summed E-state index contributed by atoms with van der Waals surface area (Å²) in [6.07, 6.45) is 5.43. The fourth-order valence-electron chi connectivity index (χ4n) is 6.96. The number of hydrogen-bond donors (Lipinski definition) is 3. The van der Waals surface area contributed by atoms with Crippen molar-refractivity contribution in [2.45, 2.75) is 70.0 Å². The summed E-state index contributed by atoms with van der Waals surface area (Å²) < 4.78 is 30.7. The number of nitrogens with one attached hydrogen (secondary N) is 1. The zero-order valence-electron chi connectivity index (χ0n) is 31.1.